The standard InChI is InChI=1S/C23H22N6O2/c1-14-7-5-6-8-18(14)26-23-28-27-21(31-23)20-15(2)24-13-19(25-20)16-9-11-17(12-10-16)22(30)29(3)4/h5-13H,1-4H3,(H,26,28). The van der Waals surface area contributed by atoms with Crippen LogP contribution in [0.25, 0.3) is 22.8 Å². The number of hydrogen-bond acceptors (Lipinski definition) is 7. The first-order chi connectivity index (χ1) is 14.9. The van der Waals surface area contributed by atoms with Gasteiger partial charge in [-0.15, -0.1) is 5.10 Å². The fourth-order valence-electron chi connectivity index (χ4n) is 3.03. The van der Waals surface area contributed by atoms with Crippen LogP contribution < -0.4 is 5.32 Å². The van der Waals surface area contributed by atoms with Gasteiger partial charge < -0.3 is 14.6 Å². The number of hydrogen-bond donors (Lipinski definition) is 1. The molecule has 4 aromatic rings. The molecule has 0 spiro atoms. The maximum Gasteiger partial charge on any atom is 0.320 e. The number of aromatic nitrogens is 4. The number of rotatable bonds is 5. The largest absolute Gasteiger partial charge is 0.401 e. The van der Waals surface area contributed by atoms with Crippen LogP contribution in [0.1, 0.15) is 21.6 Å². The van der Waals surface area contributed by atoms with Gasteiger partial charge in [-0.3, -0.25) is 9.78 Å². The lowest BCUT2D eigenvalue weighted by atomic mass is 10.1. The number of nitrogens with one attached hydrogen (secondary N) is 1. The third-order valence-corrected chi connectivity index (χ3v) is 4.80. The SMILES string of the molecule is Cc1ccccc1Nc1nnc(-c2nc(-c3ccc(C(=O)N(C)C)cc3)cnc2C)o1. The van der Waals surface area contributed by atoms with E-state index in [4.69, 9.17) is 4.42 Å². The first-order valence-electron chi connectivity index (χ1n) is 9.74. The first kappa shape index (κ1) is 20.2. The average molecular weight is 414 g/mol. The van der Waals surface area contributed by atoms with Crippen molar-refractivity contribution in [2.24, 2.45) is 0 Å². The van der Waals surface area contributed by atoms with E-state index >= 15 is 0 Å². The van der Waals surface area contributed by atoms with Crippen LogP contribution in [0.15, 0.2) is 59.1 Å². The normalized spacial score (nSPS) is 10.7. The lowest BCUT2D eigenvalue weighted by Crippen LogP contribution is -2.21. The van der Waals surface area contributed by atoms with E-state index < -0.39 is 0 Å². The highest BCUT2D eigenvalue weighted by atomic mass is 16.4. The molecule has 2 aromatic heterocycles. The zero-order valence-electron chi connectivity index (χ0n) is 17.7. The Kier molecular flexibility index (Phi) is 5.44. The highest BCUT2D eigenvalue weighted by Crippen LogP contribution is 2.26. The minimum Gasteiger partial charge on any atom is -0.401 e. The Morgan fingerprint density at radius 1 is 1.00 bits per heavy atom. The summed E-state index contributed by atoms with van der Waals surface area (Å²) in [5, 5.41) is 11.3. The summed E-state index contributed by atoms with van der Waals surface area (Å²) in [5.74, 6) is 0.226. The van der Waals surface area contributed by atoms with Crippen molar-refractivity contribution in [2.45, 2.75) is 13.8 Å². The number of carbonyl (C=O) groups is 1. The van der Waals surface area contributed by atoms with Crippen molar-refractivity contribution in [2.75, 3.05) is 19.4 Å². The minimum atomic E-state index is -0.0539. The highest BCUT2D eigenvalue weighted by Gasteiger charge is 2.16. The molecule has 4 rings (SSSR count). The summed E-state index contributed by atoms with van der Waals surface area (Å²) >= 11 is 0. The molecular formula is C23H22N6O2. The van der Waals surface area contributed by atoms with Crippen molar-refractivity contribution < 1.29 is 9.21 Å². The van der Waals surface area contributed by atoms with Gasteiger partial charge in [0.05, 0.1) is 17.6 Å². The predicted octanol–water partition coefficient (Wildman–Crippen LogP) is 4.26. The summed E-state index contributed by atoms with van der Waals surface area (Å²) in [4.78, 5) is 22.8. The number of amides is 1. The molecule has 156 valence electrons. The quantitative estimate of drug-likeness (QED) is 0.521. The van der Waals surface area contributed by atoms with Crippen molar-refractivity contribution in [1.29, 1.82) is 0 Å². The number of aryl methyl sites for hydroxylation is 2. The average Bonchev–Trinajstić information content (AvgIpc) is 3.23. The number of carbonyl (C=O) groups excluding carboxylic acids is 1. The smallest absolute Gasteiger partial charge is 0.320 e. The number of anilines is 2. The fourth-order valence-corrected chi connectivity index (χ4v) is 3.03. The molecule has 0 aliphatic heterocycles. The molecule has 31 heavy (non-hydrogen) atoms. The van der Waals surface area contributed by atoms with Gasteiger partial charge in [0.15, 0.2) is 0 Å². The number of para-hydroxylation sites is 1. The molecule has 0 unspecified atom stereocenters. The van der Waals surface area contributed by atoms with Gasteiger partial charge in [0.1, 0.15) is 5.69 Å². The summed E-state index contributed by atoms with van der Waals surface area (Å²) in [5.41, 5.74) is 5.24. The maximum absolute atomic E-state index is 12.1. The lowest BCUT2D eigenvalue weighted by Gasteiger charge is -2.10. The van der Waals surface area contributed by atoms with E-state index in [1.807, 2.05) is 50.2 Å². The molecule has 0 fully saturated rings. The second-order valence-electron chi connectivity index (χ2n) is 7.32. The Bertz CT molecular complexity index is 1230. The number of nitrogens with zero attached hydrogens (tertiary/aromatic N) is 5. The molecular weight excluding hydrogens is 392 g/mol. The van der Waals surface area contributed by atoms with E-state index in [0.29, 0.717) is 22.6 Å². The van der Waals surface area contributed by atoms with Gasteiger partial charge in [0.25, 0.3) is 11.8 Å². The Morgan fingerprint density at radius 2 is 1.74 bits per heavy atom. The molecule has 2 aromatic carbocycles. The zero-order valence-corrected chi connectivity index (χ0v) is 17.7. The maximum atomic E-state index is 12.1. The molecule has 0 aliphatic rings. The van der Waals surface area contributed by atoms with Gasteiger partial charge in [0.2, 0.25) is 0 Å². The van der Waals surface area contributed by atoms with E-state index in [1.165, 1.54) is 4.90 Å². The van der Waals surface area contributed by atoms with Gasteiger partial charge in [-0.25, -0.2) is 4.98 Å². The first-order valence-corrected chi connectivity index (χ1v) is 9.74. The van der Waals surface area contributed by atoms with Crippen LogP contribution in [0, 0.1) is 13.8 Å². The van der Waals surface area contributed by atoms with Crippen LogP contribution in [0.3, 0.4) is 0 Å². The van der Waals surface area contributed by atoms with Crippen LogP contribution >= 0.6 is 0 Å². The van der Waals surface area contributed by atoms with Crippen LogP contribution in [-0.2, 0) is 0 Å². The van der Waals surface area contributed by atoms with E-state index in [1.54, 1.807) is 32.4 Å². The van der Waals surface area contributed by atoms with Crippen molar-refractivity contribution in [3.05, 3.63) is 71.5 Å². The molecule has 1 N–H and O–H groups in total. The zero-order chi connectivity index (χ0) is 22.0. The van der Waals surface area contributed by atoms with Crippen molar-refractivity contribution in [3.63, 3.8) is 0 Å². The molecule has 0 saturated heterocycles. The molecule has 0 atom stereocenters. The van der Waals surface area contributed by atoms with Gasteiger partial charge in [-0.2, -0.15) is 0 Å². The Labute approximate surface area is 180 Å². The van der Waals surface area contributed by atoms with Gasteiger partial charge in [-0.05, 0) is 37.6 Å². The molecule has 1 amide bonds. The van der Waals surface area contributed by atoms with Crippen LogP contribution in [0.5, 0.6) is 0 Å². The van der Waals surface area contributed by atoms with Crippen molar-refractivity contribution >= 4 is 17.6 Å². The second kappa shape index (κ2) is 8.35. The van der Waals surface area contributed by atoms with Crippen LogP contribution in [0.2, 0.25) is 0 Å². The summed E-state index contributed by atoms with van der Waals surface area (Å²) in [6.07, 6.45) is 1.68. The van der Waals surface area contributed by atoms with E-state index in [-0.39, 0.29) is 17.8 Å². The minimum absolute atomic E-state index is 0.0539. The van der Waals surface area contributed by atoms with Gasteiger partial charge >= 0.3 is 6.01 Å². The summed E-state index contributed by atoms with van der Waals surface area (Å²) in [6, 6.07) is 15.4. The lowest BCUT2D eigenvalue weighted by molar-refractivity contribution is 0.0827. The third-order valence-electron chi connectivity index (χ3n) is 4.80. The van der Waals surface area contributed by atoms with E-state index in [9.17, 15) is 4.79 Å². The fraction of sp³-hybridized carbons (Fsp3) is 0.174. The molecule has 8 nitrogen and oxygen atoms in total. The topological polar surface area (TPSA) is 97.0 Å². The number of benzene rings is 2. The molecule has 0 bridgehead atoms. The summed E-state index contributed by atoms with van der Waals surface area (Å²) in [6.45, 7) is 3.83. The van der Waals surface area contributed by atoms with Crippen LogP contribution in [0.4, 0.5) is 11.7 Å². The van der Waals surface area contributed by atoms with Crippen LogP contribution in [-0.4, -0.2) is 45.1 Å². The van der Waals surface area contributed by atoms with Gasteiger partial charge in [0, 0.05) is 30.9 Å². The van der Waals surface area contributed by atoms with Crippen molar-refractivity contribution in [1.82, 2.24) is 25.1 Å². The Morgan fingerprint density at radius 3 is 2.45 bits per heavy atom. The summed E-state index contributed by atoms with van der Waals surface area (Å²) in [7, 11) is 3.45. The molecule has 8 heteroatoms. The highest BCUT2D eigenvalue weighted by molar-refractivity contribution is 5.94. The summed E-state index contributed by atoms with van der Waals surface area (Å²) < 4.78 is 5.79. The van der Waals surface area contributed by atoms with E-state index in [0.717, 1.165) is 16.8 Å². The molecule has 0 aliphatic carbocycles. The van der Waals surface area contributed by atoms with Crippen molar-refractivity contribution in [3.8, 4) is 22.8 Å². The molecule has 0 radical (unpaired) electrons. The van der Waals surface area contributed by atoms with Gasteiger partial charge in [-0.1, -0.05) is 35.4 Å². The monoisotopic (exact) mass is 414 g/mol. The predicted molar refractivity (Wildman–Crippen MR) is 118 cm³/mol. The Hall–Kier alpha value is -4.07. The van der Waals surface area contributed by atoms with E-state index in [2.05, 4.69) is 25.5 Å². The second-order valence-corrected chi connectivity index (χ2v) is 7.32. The third kappa shape index (κ3) is 4.28. The molecule has 2 heterocycles. The molecule has 0 saturated carbocycles. The Balaban J connectivity index is 1.61.